The molecule has 0 atom stereocenters. The number of fused-ring (bicyclic) bond motifs is 1. The molecule has 0 bridgehead atoms. The van der Waals surface area contributed by atoms with E-state index in [1.807, 2.05) is 19.1 Å². The summed E-state index contributed by atoms with van der Waals surface area (Å²) in [5.41, 5.74) is 9.38. The minimum atomic E-state index is -0.693. The number of hydrogen-bond donors (Lipinski definition) is 2. The SMILES string of the molecule is Cc1[nH]c2ncnc(N)c2c1-c1ccc(Oc2cc(F)cc(F)c2)cc1. The summed E-state index contributed by atoms with van der Waals surface area (Å²) in [4.78, 5) is 11.4. The lowest BCUT2D eigenvalue weighted by molar-refractivity contribution is 0.468. The van der Waals surface area contributed by atoms with E-state index < -0.39 is 11.6 Å². The summed E-state index contributed by atoms with van der Waals surface area (Å²) in [6.45, 7) is 1.93. The lowest BCUT2D eigenvalue weighted by Crippen LogP contribution is -1.92. The molecule has 3 N–H and O–H groups in total. The van der Waals surface area contributed by atoms with Gasteiger partial charge in [0.15, 0.2) is 0 Å². The van der Waals surface area contributed by atoms with Crippen molar-refractivity contribution in [1.82, 2.24) is 15.0 Å². The van der Waals surface area contributed by atoms with Gasteiger partial charge in [-0.05, 0) is 24.6 Å². The van der Waals surface area contributed by atoms with Gasteiger partial charge in [-0.15, -0.1) is 0 Å². The molecule has 0 spiro atoms. The monoisotopic (exact) mass is 352 g/mol. The van der Waals surface area contributed by atoms with Gasteiger partial charge in [0.05, 0.1) is 5.39 Å². The van der Waals surface area contributed by atoms with Gasteiger partial charge in [0.1, 0.15) is 40.9 Å². The number of aryl methyl sites for hydroxylation is 1. The topological polar surface area (TPSA) is 76.8 Å². The number of aromatic amines is 1. The number of halogens is 2. The molecule has 26 heavy (non-hydrogen) atoms. The summed E-state index contributed by atoms with van der Waals surface area (Å²) in [6.07, 6.45) is 1.41. The second-order valence-corrected chi connectivity index (χ2v) is 5.84. The average Bonchev–Trinajstić information content (AvgIpc) is 2.92. The van der Waals surface area contributed by atoms with Crippen LogP contribution in [0.15, 0.2) is 48.8 Å². The van der Waals surface area contributed by atoms with Crippen molar-refractivity contribution >= 4 is 16.9 Å². The second kappa shape index (κ2) is 6.11. The van der Waals surface area contributed by atoms with Crippen LogP contribution in [0.2, 0.25) is 0 Å². The van der Waals surface area contributed by atoms with Crippen molar-refractivity contribution in [2.24, 2.45) is 0 Å². The van der Waals surface area contributed by atoms with Crippen molar-refractivity contribution in [1.29, 1.82) is 0 Å². The first kappa shape index (κ1) is 16.0. The van der Waals surface area contributed by atoms with E-state index in [0.717, 1.165) is 40.4 Å². The van der Waals surface area contributed by atoms with Crippen LogP contribution in [-0.2, 0) is 0 Å². The Balaban J connectivity index is 1.69. The Hall–Kier alpha value is -3.48. The maximum atomic E-state index is 13.3. The summed E-state index contributed by atoms with van der Waals surface area (Å²) < 4.78 is 32.0. The summed E-state index contributed by atoms with van der Waals surface area (Å²) in [7, 11) is 0. The molecular weight excluding hydrogens is 338 g/mol. The highest BCUT2D eigenvalue weighted by Gasteiger charge is 2.15. The third kappa shape index (κ3) is 2.83. The zero-order chi connectivity index (χ0) is 18.3. The number of benzene rings is 2. The summed E-state index contributed by atoms with van der Waals surface area (Å²) in [5.74, 6) is -0.440. The van der Waals surface area contributed by atoms with Crippen LogP contribution < -0.4 is 10.5 Å². The number of ether oxygens (including phenoxy) is 1. The molecule has 0 aliphatic carbocycles. The number of H-pyrrole nitrogens is 1. The number of nitrogens with zero attached hydrogens (tertiary/aromatic N) is 2. The highest BCUT2D eigenvalue weighted by molar-refractivity contribution is 6.01. The standard InChI is InChI=1S/C19H14F2N4O/c1-10-16(17-18(22)23-9-24-19(17)25-10)11-2-4-14(5-3-11)26-15-7-12(20)6-13(21)8-15/h2-9H,1H3,(H3,22,23,24,25). The van der Waals surface area contributed by atoms with E-state index in [0.29, 0.717) is 17.2 Å². The summed E-state index contributed by atoms with van der Waals surface area (Å²) >= 11 is 0. The fourth-order valence-electron chi connectivity index (χ4n) is 2.94. The van der Waals surface area contributed by atoms with E-state index in [1.165, 1.54) is 6.33 Å². The molecule has 7 heteroatoms. The molecule has 0 fully saturated rings. The maximum absolute atomic E-state index is 13.3. The van der Waals surface area contributed by atoms with E-state index in [2.05, 4.69) is 15.0 Å². The molecule has 0 radical (unpaired) electrons. The molecule has 0 saturated carbocycles. The van der Waals surface area contributed by atoms with Crippen LogP contribution in [0, 0.1) is 18.6 Å². The first-order valence-electron chi connectivity index (χ1n) is 7.84. The lowest BCUT2D eigenvalue weighted by atomic mass is 10.0. The van der Waals surface area contributed by atoms with Crippen molar-refractivity contribution in [3.8, 4) is 22.6 Å². The van der Waals surface area contributed by atoms with Crippen LogP contribution in [0.5, 0.6) is 11.5 Å². The predicted octanol–water partition coefficient (Wildman–Crippen LogP) is 4.59. The van der Waals surface area contributed by atoms with E-state index >= 15 is 0 Å². The van der Waals surface area contributed by atoms with Crippen LogP contribution in [-0.4, -0.2) is 15.0 Å². The van der Waals surface area contributed by atoms with Crippen LogP contribution in [0.25, 0.3) is 22.2 Å². The molecule has 2 aromatic heterocycles. The Kier molecular flexibility index (Phi) is 3.76. The smallest absolute Gasteiger partial charge is 0.143 e. The van der Waals surface area contributed by atoms with Gasteiger partial charge in [-0.3, -0.25) is 0 Å². The van der Waals surface area contributed by atoms with E-state index in [1.54, 1.807) is 12.1 Å². The Labute approximate surface area is 147 Å². The van der Waals surface area contributed by atoms with Crippen LogP contribution in [0.3, 0.4) is 0 Å². The molecule has 4 rings (SSSR count). The fraction of sp³-hybridized carbons (Fsp3) is 0.0526. The van der Waals surface area contributed by atoms with Gasteiger partial charge in [0.2, 0.25) is 0 Å². The largest absolute Gasteiger partial charge is 0.457 e. The number of anilines is 1. The highest BCUT2D eigenvalue weighted by Crippen LogP contribution is 2.35. The third-order valence-electron chi connectivity index (χ3n) is 4.02. The molecule has 0 saturated heterocycles. The Morgan fingerprint density at radius 3 is 2.35 bits per heavy atom. The number of nitrogen functional groups attached to an aromatic ring is 1. The number of nitrogens with one attached hydrogen (secondary N) is 1. The van der Waals surface area contributed by atoms with E-state index in [-0.39, 0.29) is 5.75 Å². The minimum absolute atomic E-state index is 0.0937. The second-order valence-electron chi connectivity index (χ2n) is 5.84. The van der Waals surface area contributed by atoms with Crippen molar-refractivity contribution in [3.05, 3.63) is 66.1 Å². The highest BCUT2D eigenvalue weighted by atomic mass is 19.1. The molecule has 0 aliphatic heterocycles. The normalized spacial score (nSPS) is 11.0. The van der Waals surface area contributed by atoms with Crippen LogP contribution >= 0.6 is 0 Å². The van der Waals surface area contributed by atoms with Crippen molar-refractivity contribution in [3.63, 3.8) is 0 Å². The van der Waals surface area contributed by atoms with Gasteiger partial charge < -0.3 is 15.5 Å². The van der Waals surface area contributed by atoms with Crippen molar-refractivity contribution in [2.45, 2.75) is 6.92 Å². The quantitative estimate of drug-likeness (QED) is 0.565. The lowest BCUT2D eigenvalue weighted by Gasteiger charge is -2.08. The Bertz CT molecular complexity index is 1090. The maximum Gasteiger partial charge on any atom is 0.143 e. The van der Waals surface area contributed by atoms with Gasteiger partial charge >= 0.3 is 0 Å². The molecule has 130 valence electrons. The third-order valence-corrected chi connectivity index (χ3v) is 4.02. The van der Waals surface area contributed by atoms with Crippen LogP contribution in [0.1, 0.15) is 5.69 Å². The zero-order valence-electron chi connectivity index (χ0n) is 13.8. The molecule has 2 heterocycles. The molecule has 4 aromatic rings. The van der Waals surface area contributed by atoms with Gasteiger partial charge in [0.25, 0.3) is 0 Å². The zero-order valence-corrected chi connectivity index (χ0v) is 13.8. The number of hydrogen-bond acceptors (Lipinski definition) is 4. The number of rotatable bonds is 3. The predicted molar refractivity (Wildman–Crippen MR) is 94.9 cm³/mol. The Morgan fingerprint density at radius 2 is 1.65 bits per heavy atom. The molecule has 2 aromatic carbocycles. The molecule has 0 amide bonds. The van der Waals surface area contributed by atoms with Gasteiger partial charge in [-0.1, -0.05) is 12.1 Å². The molecular formula is C19H14F2N4O. The first-order valence-corrected chi connectivity index (χ1v) is 7.84. The van der Waals surface area contributed by atoms with Crippen molar-refractivity contribution in [2.75, 3.05) is 5.73 Å². The van der Waals surface area contributed by atoms with Gasteiger partial charge in [-0.2, -0.15) is 0 Å². The van der Waals surface area contributed by atoms with Crippen molar-refractivity contribution < 1.29 is 13.5 Å². The first-order chi connectivity index (χ1) is 12.5. The van der Waals surface area contributed by atoms with Gasteiger partial charge in [0, 0.05) is 29.5 Å². The molecule has 0 unspecified atom stereocenters. The average molecular weight is 352 g/mol. The fourth-order valence-corrected chi connectivity index (χ4v) is 2.94. The number of aromatic nitrogens is 3. The van der Waals surface area contributed by atoms with Crippen LogP contribution in [0.4, 0.5) is 14.6 Å². The summed E-state index contributed by atoms with van der Waals surface area (Å²) in [5, 5.41) is 0.755. The summed E-state index contributed by atoms with van der Waals surface area (Å²) in [6, 6.07) is 10.2. The van der Waals surface area contributed by atoms with Gasteiger partial charge in [-0.25, -0.2) is 18.7 Å². The molecule has 0 aliphatic rings. The van der Waals surface area contributed by atoms with E-state index in [9.17, 15) is 8.78 Å². The molecule has 5 nitrogen and oxygen atoms in total. The minimum Gasteiger partial charge on any atom is -0.457 e. The van der Waals surface area contributed by atoms with E-state index in [4.69, 9.17) is 10.5 Å². The number of nitrogens with two attached hydrogens (primary N) is 1. The Morgan fingerprint density at radius 1 is 0.962 bits per heavy atom.